The Bertz CT molecular complexity index is 486. The van der Waals surface area contributed by atoms with Gasteiger partial charge < -0.3 is 4.98 Å². The number of aromatic amines is 1. The molecule has 0 aliphatic rings. The normalized spacial score (nSPS) is 12.6. The second-order valence-electron chi connectivity index (χ2n) is 3.61. The minimum absolute atomic E-state index is 0.178. The number of imidazole rings is 1. The predicted octanol–water partition coefficient (Wildman–Crippen LogP) is 2.06. The van der Waals surface area contributed by atoms with Gasteiger partial charge in [-0.3, -0.25) is 5.84 Å². The summed E-state index contributed by atoms with van der Waals surface area (Å²) in [6.45, 7) is 0. The Morgan fingerprint density at radius 3 is 3.00 bits per heavy atom. The van der Waals surface area contributed by atoms with Crippen LogP contribution in [0.2, 0.25) is 0 Å². The standard InChI is InChI=1S/C11H12BrFN4/c12-10-7(2-1-3-8(10)13)6-9(17-14)11-15-4-5-16-11/h1-5,9,17H,6,14H2,(H,15,16). The molecular weight excluding hydrogens is 287 g/mol. The monoisotopic (exact) mass is 298 g/mol. The van der Waals surface area contributed by atoms with Crippen LogP contribution in [0.1, 0.15) is 17.4 Å². The number of rotatable bonds is 4. The Hall–Kier alpha value is -1.24. The number of aromatic nitrogens is 2. The molecular formula is C11H12BrFN4. The highest BCUT2D eigenvalue weighted by atomic mass is 79.9. The van der Waals surface area contributed by atoms with E-state index in [4.69, 9.17) is 5.84 Å². The van der Waals surface area contributed by atoms with E-state index >= 15 is 0 Å². The van der Waals surface area contributed by atoms with Crippen LogP contribution in [-0.4, -0.2) is 9.97 Å². The molecule has 1 unspecified atom stereocenters. The number of hydrogen-bond acceptors (Lipinski definition) is 3. The zero-order valence-corrected chi connectivity index (χ0v) is 10.5. The lowest BCUT2D eigenvalue weighted by Gasteiger charge is -2.14. The first-order chi connectivity index (χ1) is 8.22. The van der Waals surface area contributed by atoms with Gasteiger partial charge in [0.25, 0.3) is 0 Å². The van der Waals surface area contributed by atoms with E-state index in [0.29, 0.717) is 10.9 Å². The van der Waals surface area contributed by atoms with Gasteiger partial charge in [0.2, 0.25) is 0 Å². The van der Waals surface area contributed by atoms with Crippen molar-refractivity contribution in [3.63, 3.8) is 0 Å². The summed E-state index contributed by atoms with van der Waals surface area (Å²) in [5.41, 5.74) is 3.50. The third-order valence-electron chi connectivity index (χ3n) is 2.51. The predicted molar refractivity (Wildman–Crippen MR) is 66.5 cm³/mol. The number of halogens is 2. The summed E-state index contributed by atoms with van der Waals surface area (Å²) in [5, 5.41) is 0. The summed E-state index contributed by atoms with van der Waals surface area (Å²) in [4.78, 5) is 7.11. The number of benzene rings is 1. The van der Waals surface area contributed by atoms with Gasteiger partial charge in [-0.1, -0.05) is 12.1 Å². The van der Waals surface area contributed by atoms with Crippen molar-refractivity contribution in [2.24, 2.45) is 5.84 Å². The highest BCUT2D eigenvalue weighted by Gasteiger charge is 2.15. The summed E-state index contributed by atoms with van der Waals surface area (Å²) in [6, 6.07) is 4.75. The average molecular weight is 299 g/mol. The summed E-state index contributed by atoms with van der Waals surface area (Å²) in [6.07, 6.45) is 3.92. The number of nitrogens with zero attached hydrogens (tertiary/aromatic N) is 1. The first kappa shape index (κ1) is 12.2. The lowest BCUT2D eigenvalue weighted by molar-refractivity contribution is 0.523. The summed E-state index contributed by atoms with van der Waals surface area (Å²) < 4.78 is 13.8. The Labute approximate surface area is 107 Å². The van der Waals surface area contributed by atoms with Crippen molar-refractivity contribution < 1.29 is 4.39 Å². The largest absolute Gasteiger partial charge is 0.347 e. The number of hydrazine groups is 1. The van der Waals surface area contributed by atoms with E-state index in [1.807, 2.05) is 6.07 Å². The molecule has 0 bridgehead atoms. The molecule has 1 atom stereocenters. The van der Waals surface area contributed by atoms with E-state index in [9.17, 15) is 4.39 Å². The quantitative estimate of drug-likeness (QED) is 0.598. The van der Waals surface area contributed by atoms with Crippen LogP contribution in [0.3, 0.4) is 0 Å². The van der Waals surface area contributed by atoms with Gasteiger partial charge in [0, 0.05) is 12.4 Å². The van der Waals surface area contributed by atoms with E-state index < -0.39 is 0 Å². The van der Waals surface area contributed by atoms with Crippen LogP contribution in [-0.2, 0) is 6.42 Å². The molecule has 2 rings (SSSR count). The van der Waals surface area contributed by atoms with E-state index in [2.05, 4.69) is 31.3 Å². The highest BCUT2D eigenvalue weighted by molar-refractivity contribution is 9.10. The third kappa shape index (κ3) is 2.71. The second kappa shape index (κ2) is 5.39. The number of nitrogens with two attached hydrogens (primary N) is 1. The number of H-pyrrole nitrogens is 1. The van der Waals surface area contributed by atoms with Gasteiger partial charge in [-0.15, -0.1) is 0 Å². The molecule has 0 saturated heterocycles. The van der Waals surface area contributed by atoms with E-state index in [1.165, 1.54) is 6.07 Å². The second-order valence-corrected chi connectivity index (χ2v) is 4.40. The number of hydrogen-bond donors (Lipinski definition) is 3. The molecule has 0 aliphatic heterocycles. The zero-order chi connectivity index (χ0) is 12.3. The summed E-state index contributed by atoms with van der Waals surface area (Å²) >= 11 is 3.23. The molecule has 1 aromatic heterocycles. The first-order valence-electron chi connectivity index (χ1n) is 5.10. The topological polar surface area (TPSA) is 66.7 Å². The summed E-state index contributed by atoms with van der Waals surface area (Å²) in [5.74, 6) is 5.93. The van der Waals surface area contributed by atoms with Crippen LogP contribution in [0.5, 0.6) is 0 Å². The molecule has 17 heavy (non-hydrogen) atoms. The van der Waals surface area contributed by atoms with Crippen molar-refractivity contribution in [3.05, 3.63) is 52.3 Å². The lowest BCUT2D eigenvalue weighted by atomic mass is 10.1. The van der Waals surface area contributed by atoms with Gasteiger partial charge in [-0.05, 0) is 34.0 Å². The Balaban J connectivity index is 2.22. The Kier molecular flexibility index (Phi) is 3.88. The fourth-order valence-electron chi connectivity index (χ4n) is 1.63. The third-order valence-corrected chi connectivity index (χ3v) is 3.39. The molecule has 0 radical (unpaired) electrons. The van der Waals surface area contributed by atoms with Gasteiger partial charge in [0.05, 0.1) is 10.5 Å². The molecule has 1 heterocycles. The minimum Gasteiger partial charge on any atom is -0.347 e. The molecule has 90 valence electrons. The maximum atomic E-state index is 13.4. The van der Waals surface area contributed by atoms with Gasteiger partial charge in [-0.25, -0.2) is 14.8 Å². The summed E-state index contributed by atoms with van der Waals surface area (Å²) in [7, 11) is 0. The van der Waals surface area contributed by atoms with Crippen molar-refractivity contribution in [2.75, 3.05) is 0 Å². The van der Waals surface area contributed by atoms with Crippen molar-refractivity contribution in [2.45, 2.75) is 12.5 Å². The van der Waals surface area contributed by atoms with Gasteiger partial charge in [0.1, 0.15) is 11.6 Å². The van der Waals surface area contributed by atoms with Crippen molar-refractivity contribution in [3.8, 4) is 0 Å². The van der Waals surface area contributed by atoms with Gasteiger partial charge in [0.15, 0.2) is 0 Å². The van der Waals surface area contributed by atoms with Crippen LogP contribution in [0.15, 0.2) is 35.1 Å². The highest BCUT2D eigenvalue weighted by Crippen LogP contribution is 2.24. The van der Waals surface area contributed by atoms with Crippen LogP contribution in [0, 0.1) is 5.82 Å². The van der Waals surface area contributed by atoms with Gasteiger partial charge in [-0.2, -0.15) is 0 Å². The zero-order valence-electron chi connectivity index (χ0n) is 8.95. The fourth-order valence-corrected chi connectivity index (χ4v) is 2.05. The Morgan fingerprint density at radius 2 is 2.35 bits per heavy atom. The van der Waals surface area contributed by atoms with Crippen molar-refractivity contribution in [1.29, 1.82) is 0 Å². The molecule has 6 heteroatoms. The van der Waals surface area contributed by atoms with Crippen molar-refractivity contribution in [1.82, 2.24) is 15.4 Å². The molecule has 4 nitrogen and oxygen atoms in total. The molecule has 2 aromatic rings. The maximum absolute atomic E-state index is 13.4. The van der Waals surface area contributed by atoms with E-state index in [0.717, 1.165) is 11.4 Å². The molecule has 0 amide bonds. The smallest absolute Gasteiger partial charge is 0.137 e. The molecule has 0 saturated carbocycles. The van der Waals surface area contributed by atoms with Crippen LogP contribution >= 0.6 is 15.9 Å². The molecule has 0 fully saturated rings. The first-order valence-corrected chi connectivity index (χ1v) is 5.90. The molecule has 1 aromatic carbocycles. The van der Waals surface area contributed by atoms with Crippen LogP contribution < -0.4 is 11.3 Å². The van der Waals surface area contributed by atoms with E-state index in [-0.39, 0.29) is 11.9 Å². The lowest BCUT2D eigenvalue weighted by Crippen LogP contribution is -2.30. The van der Waals surface area contributed by atoms with E-state index in [1.54, 1.807) is 18.5 Å². The molecule has 0 aliphatic carbocycles. The minimum atomic E-state index is -0.280. The maximum Gasteiger partial charge on any atom is 0.137 e. The van der Waals surface area contributed by atoms with Crippen LogP contribution in [0.25, 0.3) is 0 Å². The van der Waals surface area contributed by atoms with Crippen molar-refractivity contribution >= 4 is 15.9 Å². The average Bonchev–Trinajstić information content (AvgIpc) is 2.85. The Morgan fingerprint density at radius 1 is 1.53 bits per heavy atom. The SMILES string of the molecule is NNC(Cc1cccc(F)c1Br)c1ncc[nH]1. The molecule has 0 spiro atoms. The van der Waals surface area contributed by atoms with Gasteiger partial charge >= 0.3 is 0 Å². The fraction of sp³-hybridized carbons (Fsp3) is 0.182. The molecule has 4 N–H and O–H groups in total. The van der Waals surface area contributed by atoms with Crippen LogP contribution in [0.4, 0.5) is 4.39 Å². The number of nitrogens with one attached hydrogen (secondary N) is 2.